The molecule has 0 unspecified atom stereocenters. The average Bonchev–Trinajstić information content (AvgIpc) is 2.38. The van der Waals surface area contributed by atoms with Gasteiger partial charge in [0.15, 0.2) is 0 Å². The standard InChI is InChI=1S/C15H23NO2/c1-11-10-13(6-9-15(11)18-3)16(2)12-4-7-14(17)8-5-12/h6,9-10,12,14,17H,4-5,7-8H2,1-3H3. The minimum absolute atomic E-state index is 0.0905. The third-order valence-corrected chi connectivity index (χ3v) is 4.00. The predicted molar refractivity (Wildman–Crippen MR) is 74.4 cm³/mol. The number of nitrogens with zero attached hydrogens (tertiary/aromatic N) is 1. The Kier molecular flexibility index (Phi) is 4.12. The van der Waals surface area contributed by atoms with Gasteiger partial charge >= 0.3 is 0 Å². The molecule has 18 heavy (non-hydrogen) atoms. The molecule has 1 aliphatic rings. The molecule has 3 heteroatoms. The minimum atomic E-state index is -0.0905. The Morgan fingerprint density at radius 2 is 1.89 bits per heavy atom. The smallest absolute Gasteiger partial charge is 0.121 e. The molecule has 0 aliphatic heterocycles. The number of aryl methyl sites for hydroxylation is 1. The Morgan fingerprint density at radius 3 is 2.44 bits per heavy atom. The van der Waals surface area contributed by atoms with Crippen molar-refractivity contribution >= 4 is 5.69 Å². The first-order valence-electron chi connectivity index (χ1n) is 6.67. The van der Waals surface area contributed by atoms with E-state index in [0.717, 1.165) is 37.0 Å². The van der Waals surface area contributed by atoms with Gasteiger partial charge < -0.3 is 14.7 Å². The summed E-state index contributed by atoms with van der Waals surface area (Å²) in [6.45, 7) is 2.07. The van der Waals surface area contributed by atoms with E-state index >= 15 is 0 Å². The van der Waals surface area contributed by atoms with Crippen LogP contribution in [0.15, 0.2) is 18.2 Å². The highest BCUT2D eigenvalue weighted by Gasteiger charge is 2.23. The number of methoxy groups -OCH3 is 1. The third kappa shape index (κ3) is 2.78. The van der Waals surface area contributed by atoms with Gasteiger partial charge in [-0.3, -0.25) is 0 Å². The Bertz CT molecular complexity index is 397. The van der Waals surface area contributed by atoms with Crippen LogP contribution in [-0.4, -0.2) is 31.4 Å². The number of rotatable bonds is 3. The lowest BCUT2D eigenvalue weighted by Crippen LogP contribution is -2.36. The summed E-state index contributed by atoms with van der Waals surface area (Å²) >= 11 is 0. The molecule has 0 aromatic heterocycles. The van der Waals surface area contributed by atoms with Gasteiger partial charge in [0.25, 0.3) is 0 Å². The fourth-order valence-corrected chi connectivity index (χ4v) is 2.74. The summed E-state index contributed by atoms with van der Waals surface area (Å²) in [4.78, 5) is 2.33. The molecule has 0 radical (unpaired) electrons. The van der Waals surface area contributed by atoms with E-state index in [9.17, 15) is 5.11 Å². The zero-order valence-corrected chi connectivity index (χ0v) is 11.5. The van der Waals surface area contributed by atoms with Crippen LogP contribution in [0.5, 0.6) is 5.75 Å². The molecule has 2 rings (SSSR count). The number of hydrogen-bond acceptors (Lipinski definition) is 3. The molecule has 3 nitrogen and oxygen atoms in total. The molecule has 0 bridgehead atoms. The highest BCUT2D eigenvalue weighted by molar-refractivity contribution is 5.53. The summed E-state index contributed by atoms with van der Waals surface area (Å²) in [5, 5.41) is 9.56. The molecule has 1 saturated carbocycles. The molecular formula is C15H23NO2. The van der Waals surface area contributed by atoms with E-state index in [0.29, 0.717) is 6.04 Å². The Balaban J connectivity index is 2.08. The van der Waals surface area contributed by atoms with Crippen molar-refractivity contribution < 1.29 is 9.84 Å². The second-order valence-electron chi connectivity index (χ2n) is 5.23. The monoisotopic (exact) mass is 249 g/mol. The number of benzene rings is 1. The summed E-state index contributed by atoms with van der Waals surface area (Å²) in [6.07, 6.45) is 3.90. The fourth-order valence-electron chi connectivity index (χ4n) is 2.74. The molecular weight excluding hydrogens is 226 g/mol. The van der Waals surface area contributed by atoms with Crippen molar-refractivity contribution in [2.75, 3.05) is 19.1 Å². The van der Waals surface area contributed by atoms with Gasteiger partial charge in [-0.1, -0.05) is 0 Å². The number of anilines is 1. The van der Waals surface area contributed by atoms with Crippen LogP contribution in [0.4, 0.5) is 5.69 Å². The SMILES string of the molecule is COc1ccc(N(C)C2CCC(O)CC2)cc1C. The molecule has 1 fully saturated rings. The van der Waals surface area contributed by atoms with E-state index in [2.05, 4.69) is 31.0 Å². The van der Waals surface area contributed by atoms with Gasteiger partial charge in [-0.05, 0) is 56.4 Å². The maximum atomic E-state index is 9.56. The van der Waals surface area contributed by atoms with Crippen molar-refractivity contribution in [3.05, 3.63) is 23.8 Å². The Hall–Kier alpha value is -1.22. The number of ether oxygens (including phenoxy) is 1. The quantitative estimate of drug-likeness (QED) is 0.894. The second-order valence-corrected chi connectivity index (χ2v) is 5.23. The number of hydrogen-bond donors (Lipinski definition) is 1. The zero-order chi connectivity index (χ0) is 13.1. The van der Waals surface area contributed by atoms with E-state index in [4.69, 9.17) is 4.74 Å². The van der Waals surface area contributed by atoms with Gasteiger partial charge in [0.1, 0.15) is 5.75 Å². The lowest BCUT2D eigenvalue weighted by Gasteiger charge is -2.34. The molecule has 0 atom stereocenters. The van der Waals surface area contributed by atoms with E-state index in [1.165, 1.54) is 5.69 Å². The highest BCUT2D eigenvalue weighted by atomic mass is 16.5. The summed E-state index contributed by atoms with van der Waals surface area (Å²) in [5.74, 6) is 0.936. The van der Waals surface area contributed by atoms with E-state index in [-0.39, 0.29) is 6.10 Å². The lowest BCUT2D eigenvalue weighted by molar-refractivity contribution is 0.122. The first-order chi connectivity index (χ1) is 8.61. The minimum Gasteiger partial charge on any atom is -0.496 e. The molecule has 0 spiro atoms. The van der Waals surface area contributed by atoms with Crippen molar-refractivity contribution in [1.29, 1.82) is 0 Å². The van der Waals surface area contributed by atoms with Crippen LogP contribution >= 0.6 is 0 Å². The van der Waals surface area contributed by atoms with Crippen molar-refractivity contribution in [3.63, 3.8) is 0 Å². The summed E-state index contributed by atoms with van der Waals surface area (Å²) in [5.41, 5.74) is 2.40. The van der Waals surface area contributed by atoms with E-state index < -0.39 is 0 Å². The highest BCUT2D eigenvalue weighted by Crippen LogP contribution is 2.29. The topological polar surface area (TPSA) is 32.7 Å². The van der Waals surface area contributed by atoms with Crippen LogP contribution in [-0.2, 0) is 0 Å². The van der Waals surface area contributed by atoms with Crippen molar-refractivity contribution in [1.82, 2.24) is 0 Å². The third-order valence-electron chi connectivity index (χ3n) is 4.00. The van der Waals surface area contributed by atoms with E-state index in [1.54, 1.807) is 7.11 Å². The van der Waals surface area contributed by atoms with Gasteiger partial charge in [0, 0.05) is 18.8 Å². The molecule has 1 aliphatic carbocycles. The van der Waals surface area contributed by atoms with Gasteiger partial charge in [0.05, 0.1) is 13.2 Å². The summed E-state index contributed by atoms with van der Waals surface area (Å²) in [6, 6.07) is 6.85. The first-order valence-corrected chi connectivity index (χ1v) is 6.67. The number of aliphatic hydroxyl groups excluding tert-OH is 1. The summed E-state index contributed by atoms with van der Waals surface area (Å²) in [7, 11) is 3.85. The number of aliphatic hydroxyl groups is 1. The van der Waals surface area contributed by atoms with Crippen molar-refractivity contribution in [3.8, 4) is 5.75 Å². The van der Waals surface area contributed by atoms with E-state index in [1.807, 2.05) is 6.07 Å². The normalized spacial score (nSPS) is 23.8. The molecule has 100 valence electrons. The molecule has 1 N–H and O–H groups in total. The zero-order valence-electron chi connectivity index (χ0n) is 11.5. The Morgan fingerprint density at radius 1 is 1.22 bits per heavy atom. The molecule has 1 aromatic carbocycles. The largest absolute Gasteiger partial charge is 0.496 e. The molecule has 0 heterocycles. The molecule has 0 saturated heterocycles. The average molecular weight is 249 g/mol. The van der Waals surface area contributed by atoms with Gasteiger partial charge in [0.2, 0.25) is 0 Å². The van der Waals surface area contributed by atoms with Gasteiger partial charge in [-0.2, -0.15) is 0 Å². The van der Waals surface area contributed by atoms with Crippen LogP contribution < -0.4 is 9.64 Å². The summed E-state index contributed by atoms with van der Waals surface area (Å²) < 4.78 is 5.29. The van der Waals surface area contributed by atoms with Crippen LogP contribution in [0.2, 0.25) is 0 Å². The maximum absolute atomic E-state index is 9.56. The first kappa shape index (κ1) is 13.2. The Labute approximate surface area is 109 Å². The van der Waals surface area contributed by atoms with Gasteiger partial charge in [-0.25, -0.2) is 0 Å². The molecule has 0 amide bonds. The van der Waals surface area contributed by atoms with Crippen molar-refractivity contribution in [2.24, 2.45) is 0 Å². The second kappa shape index (κ2) is 5.61. The lowest BCUT2D eigenvalue weighted by atomic mass is 9.92. The maximum Gasteiger partial charge on any atom is 0.121 e. The van der Waals surface area contributed by atoms with Crippen LogP contribution in [0, 0.1) is 6.92 Å². The fraction of sp³-hybridized carbons (Fsp3) is 0.600. The molecule has 1 aromatic rings. The van der Waals surface area contributed by atoms with Crippen molar-refractivity contribution in [2.45, 2.75) is 44.8 Å². The van der Waals surface area contributed by atoms with Crippen LogP contribution in [0.1, 0.15) is 31.2 Å². The van der Waals surface area contributed by atoms with Crippen LogP contribution in [0.3, 0.4) is 0 Å². The van der Waals surface area contributed by atoms with Crippen LogP contribution in [0.25, 0.3) is 0 Å². The van der Waals surface area contributed by atoms with Gasteiger partial charge in [-0.15, -0.1) is 0 Å². The predicted octanol–water partition coefficient (Wildman–Crippen LogP) is 2.74.